The topological polar surface area (TPSA) is 77.5 Å². The van der Waals surface area contributed by atoms with Crippen molar-refractivity contribution in [3.05, 3.63) is 58.5 Å². The fourth-order valence-electron chi connectivity index (χ4n) is 2.18. The maximum Gasteiger partial charge on any atom is 0.371 e. The molecule has 2 rings (SSSR count). The number of carboxylic acids is 1. The van der Waals surface area contributed by atoms with E-state index >= 15 is 0 Å². The van der Waals surface area contributed by atoms with E-state index < -0.39 is 5.97 Å². The smallest absolute Gasteiger partial charge is 0.371 e. The van der Waals surface area contributed by atoms with Gasteiger partial charge in [-0.3, -0.25) is 4.90 Å². The Morgan fingerprint density at radius 3 is 2.76 bits per heavy atom. The number of aryl methyl sites for hydroxylation is 1. The van der Waals surface area contributed by atoms with Crippen molar-refractivity contribution < 1.29 is 14.3 Å². The molecule has 1 heterocycles. The SMILES string of the molecule is Cc1oc(C(=O)O)cc1CN(C)Cc1cccc(C#N)c1. The number of hydrogen-bond acceptors (Lipinski definition) is 4. The molecule has 1 aromatic heterocycles. The molecule has 0 bridgehead atoms. The van der Waals surface area contributed by atoms with Crippen molar-refractivity contribution in [3.8, 4) is 6.07 Å². The Hall–Kier alpha value is -2.58. The van der Waals surface area contributed by atoms with E-state index in [-0.39, 0.29) is 5.76 Å². The van der Waals surface area contributed by atoms with Gasteiger partial charge in [-0.15, -0.1) is 0 Å². The zero-order valence-corrected chi connectivity index (χ0v) is 12.0. The molecule has 108 valence electrons. The molecule has 0 unspecified atom stereocenters. The van der Waals surface area contributed by atoms with Crippen LogP contribution in [0, 0.1) is 18.3 Å². The predicted octanol–water partition coefficient (Wildman–Crippen LogP) is 2.79. The first-order valence-corrected chi connectivity index (χ1v) is 6.50. The van der Waals surface area contributed by atoms with Crippen LogP contribution in [-0.4, -0.2) is 23.0 Å². The molecule has 0 saturated heterocycles. The van der Waals surface area contributed by atoms with E-state index in [0.29, 0.717) is 24.4 Å². The highest BCUT2D eigenvalue weighted by Gasteiger charge is 2.14. The molecule has 0 spiro atoms. The van der Waals surface area contributed by atoms with Gasteiger partial charge in [0.05, 0.1) is 11.6 Å². The first kappa shape index (κ1) is 14.8. The number of aromatic carboxylic acids is 1. The maximum absolute atomic E-state index is 10.9. The number of furan rings is 1. The second-order valence-electron chi connectivity index (χ2n) is 4.98. The van der Waals surface area contributed by atoms with E-state index in [1.807, 2.05) is 30.1 Å². The lowest BCUT2D eigenvalue weighted by molar-refractivity contribution is 0.0661. The highest BCUT2D eigenvalue weighted by atomic mass is 16.4. The molecule has 0 fully saturated rings. The minimum atomic E-state index is -1.06. The zero-order chi connectivity index (χ0) is 15.4. The van der Waals surface area contributed by atoms with Crippen molar-refractivity contribution in [2.24, 2.45) is 0 Å². The van der Waals surface area contributed by atoms with Crippen LogP contribution in [0.25, 0.3) is 0 Å². The molecule has 0 aliphatic heterocycles. The van der Waals surface area contributed by atoms with Crippen LogP contribution in [0.15, 0.2) is 34.7 Å². The van der Waals surface area contributed by atoms with Gasteiger partial charge in [0.1, 0.15) is 5.76 Å². The Kier molecular flexibility index (Phi) is 4.41. The molecule has 21 heavy (non-hydrogen) atoms. The zero-order valence-electron chi connectivity index (χ0n) is 12.0. The molecule has 1 N–H and O–H groups in total. The van der Waals surface area contributed by atoms with Gasteiger partial charge in [0.2, 0.25) is 5.76 Å². The summed E-state index contributed by atoms with van der Waals surface area (Å²) in [5.41, 5.74) is 2.52. The average molecular weight is 284 g/mol. The number of carbonyl (C=O) groups is 1. The molecule has 5 nitrogen and oxygen atoms in total. The first-order valence-electron chi connectivity index (χ1n) is 6.50. The van der Waals surface area contributed by atoms with Crippen LogP contribution >= 0.6 is 0 Å². The Balaban J connectivity index is 2.06. The van der Waals surface area contributed by atoms with Gasteiger partial charge >= 0.3 is 5.97 Å². The van der Waals surface area contributed by atoms with Crippen LogP contribution < -0.4 is 0 Å². The second kappa shape index (κ2) is 6.25. The summed E-state index contributed by atoms with van der Waals surface area (Å²) in [7, 11) is 1.94. The molecule has 5 heteroatoms. The van der Waals surface area contributed by atoms with Crippen molar-refractivity contribution in [1.29, 1.82) is 5.26 Å². The van der Waals surface area contributed by atoms with Crippen LogP contribution in [0.5, 0.6) is 0 Å². The number of hydrogen-bond donors (Lipinski definition) is 1. The second-order valence-corrected chi connectivity index (χ2v) is 4.98. The lowest BCUT2D eigenvalue weighted by Crippen LogP contribution is -2.17. The molecule has 0 amide bonds. The summed E-state index contributed by atoms with van der Waals surface area (Å²) in [5, 5.41) is 17.8. The molecule has 0 atom stereocenters. The fourth-order valence-corrected chi connectivity index (χ4v) is 2.18. The Morgan fingerprint density at radius 2 is 2.14 bits per heavy atom. The van der Waals surface area contributed by atoms with Gasteiger partial charge < -0.3 is 9.52 Å². The van der Waals surface area contributed by atoms with E-state index in [4.69, 9.17) is 14.8 Å². The van der Waals surface area contributed by atoms with Gasteiger partial charge in [0, 0.05) is 18.7 Å². The highest BCUT2D eigenvalue weighted by Crippen LogP contribution is 2.17. The summed E-state index contributed by atoms with van der Waals surface area (Å²) < 4.78 is 5.19. The van der Waals surface area contributed by atoms with Crippen molar-refractivity contribution in [2.75, 3.05) is 7.05 Å². The number of nitrogens with zero attached hydrogens (tertiary/aromatic N) is 2. The van der Waals surface area contributed by atoms with Crippen molar-refractivity contribution in [1.82, 2.24) is 4.90 Å². The average Bonchev–Trinajstić information content (AvgIpc) is 2.80. The Bertz CT molecular complexity index is 698. The summed E-state index contributed by atoms with van der Waals surface area (Å²) in [4.78, 5) is 12.9. The molecule has 0 aliphatic carbocycles. The number of carboxylic acid groups (broad SMARTS) is 1. The third-order valence-corrected chi connectivity index (χ3v) is 3.18. The monoisotopic (exact) mass is 284 g/mol. The molecule has 1 aromatic carbocycles. The molecule has 0 aliphatic rings. The van der Waals surface area contributed by atoms with Crippen molar-refractivity contribution >= 4 is 5.97 Å². The van der Waals surface area contributed by atoms with Crippen LogP contribution in [0.3, 0.4) is 0 Å². The van der Waals surface area contributed by atoms with Crippen LogP contribution in [0.4, 0.5) is 0 Å². The van der Waals surface area contributed by atoms with E-state index in [1.54, 1.807) is 19.1 Å². The third-order valence-electron chi connectivity index (χ3n) is 3.18. The molecule has 2 aromatic rings. The first-order chi connectivity index (χ1) is 9.99. The van der Waals surface area contributed by atoms with Crippen molar-refractivity contribution in [2.45, 2.75) is 20.0 Å². The van der Waals surface area contributed by atoms with Crippen LogP contribution in [0.1, 0.15) is 33.0 Å². The quantitative estimate of drug-likeness (QED) is 0.913. The number of benzene rings is 1. The third kappa shape index (κ3) is 3.71. The van der Waals surface area contributed by atoms with Crippen LogP contribution in [0.2, 0.25) is 0 Å². The summed E-state index contributed by atoms with van der Waals surface area (Å²) in [6.45, 7) is 3.01. The molecule has 0 saturated carbocycles. The largest absolute Gasteiger partial charge is 0.475 e. The van der Waals surface area contributed by atoms with Gasteiger partial charge in [-0.2, -0.15) is 5.26 Å². The maximum atomic E-state index is 10.9. The fraction of sp³-hybridized carbons (Fsp3) is 0.250. The van der Waals surface area contributed by atoms with E-state index in [1.165, 1.54) is 0 Å². The molecular formula is C16H16N2O3. The lowest BCUT2D eigenvalue weighted by atomic mass is 10.1. The summed E-state index contributed by atoms with van der Waals surface area (Å²) in [6, 6.07) is 11.1. The summed E-state index contributed by atoms with van der Waals surface area (Å²) >= 11 is 0. The van der Waals surface area contributed by atoms with Gasteiger partial charge in [-0.1, -0.05) is 12.1 Å². The normalized spacial score (nSPS) is 10.6. The lowest BCUT2D eigenvalue weighted by Gasteiger charge is -2.16. The van der Waals surface area contributed by atoms with E-state index in [9.17, 15) is 4.79 Å². The van der Waals surface area contributed by atoms with Gasteiger partial charge in [-0.05, 0) is 37.7 Å². The van der Waals surface area contributed by atoms with Crippen LogP contribution in [-0.2, 0) is 13.1 Å². The summed E-state index contributed by atoms with van der Waals surface area (Å²) in [6.07, 6.45) is 0. The van der Waals surface area contributed by atoms with E-state index in [0.717, 1.165) is 11.1 Å². The van der Waals surface area contributed by atoms with E-state index in [2.05, 4.69) is 6.07 Å². The van der Waals surface area contributed by atoms with Crippen molar-refractivity contribution in [3.63, 3.8) is 0 Å². The highest BCUT2D eigenvalue weighted by molar-refractivity contribution is 5.84. The minimum absolute atomic E-state index is 0.0395. The van der Waals surface area contributed by atoms with Gasteiger partial charge in [-0.25, -0.2) is 4.79 Å². The standard InChI is InChI=1S/C16H16N2O3/c1-11-14(7-15(21-11)16(19)20)10-18(2)9-13-5-3-4-12(6-13)8-17/h3-7H,9-10H2,1-2H3,(H,19,20). The minimum Gasteiger partial charge on any atom is -0.475 e. The Labute approximate surface area is 123 Å². The molecule has 0 radical (unpaired) electrons. The summed E-state index contributed by atoms with van der Waals surface area (Å²) in [5.74, 6) is -0.485. The van der Waals surface area contributed by atoms with Gasteiger partial charge in [0.25, 0.3) is 0 Å². The predicted molar refractivity (Wildman–Crippen MR) is 76.7 cm³/mol. The van der Waals surface area contributed by atoms with Gasteiger partial charge in [0.15, 0.2) is 0 Å². The number of nitriles is 1. The Morgan fingerprint density at radius 1 is 1.38 bits per heavy atom. The molecular weight excluding hydrogens is 268 g/mol. The number of rotatable bonds is 5.